The van der Waals surface area contributed by atoms with E-state index >= 15 is 0 Å². The Hall–Kier alpha value is -1.50. The lowest BCUT2D eigenvalue weighted by Gasteiger charge is -2.34. The number of likely N-dealkylation sites (tertiary alicyclic amines) is 2. The Balaban J connectivity index is 1.96. The van der Waals surface area contributed by atoms with Gasteiger partial charge >= 0.3 is 0 Å². The van der Waals surface area contributed by atoms with Crippen LogP contribution in [0.5, 0.6) is 0 Å². The number of hydrogen-bond acceptors (Lipinski definition) is 3. The zero-order valence-electron chi connectivity index (χ0n) is 13.2. The maximum absolute atomic E-state index is 6.13. The van der Waals surface area contributed by atoms with E-state index in [1.807, 2.05) is 0 Å². The number of ether oxygens (including phenoxy) is 1. The minimum atomic E-state index is 0.333. The van der Waals surface area contributed by atoms with Gasteiger partial charge in [-0.2, -0.15) is 4.99 Å². The van der Waals surface area contributed by atoms with E-state index in [0.29, 0.717) is 23.9 Å². The van der Waals surface area contributed by atoms with Gasteiger partial charge in [0, 0.05) is 33.3 Å². The first-order valence-corrected chi connectivity index (χ1v) is 7.78. The monoisotopic (exact) mass is 296 g/mol. The predicted octanol–water partition coefficient (Wildman–Crippen LogP) is 0.374. The summed E-state index contributed by atoms with van der Waals surface area (Å²) in [6, 6.07) is 0. The highest BCUT2D eigenvalue weighted by molar-refractivity contribution is 5.94. The average Bonchev–Trinajstić information content (AvgIpc) is 2.52. The Morgan fingerprint density at radius 3 is 2.43 bits per heavy atom. The summed E-state index contributed by atoms with van der Waals surface area (Å²) in [6.45, 7) is 5.86. The molecule has 2 heterocycles. The first-order chi connectivity index (χ1) is 10.1. The highest BCUT2D eigenvalue weighted by Gasteiger charge is 2.23. The Morgan fingerprint density at radius 2 is 1.86 bits per heavy atom. The van der Waals surface area contributed by atoms with Crippen LogP contribution in [0.4, 0.5) is 0 Å². The number of aliphatic imine (C=N–C) groups is 1. The lowest BCUT2D eigenvalue weighted by Crippen LogP contribution is -2.46. The molecule has 7 nitrogen and oxygen atoms in total. The molecule has 1 atom stereocenters. The molecular formula is C14H28N6O. The van der Waals surface area contributed by atoms with Gasteiger partial charge in [-0.15, -0.1) is 5.10 Å². The molecule has 0 aliphatic carbocycles. The highest BCUT2D eigenvalue weighted by atomic mass is 16.5. The molecule has 2 fully saturated rings. The number of rotatable bonds is 1. The second-order valence-electron chi connectivity index (χ2n) is 6.01. The fraction of sp³-hybridized carbons (Fsp3) is 0.857. The van der Waals surface area contributed by atoms with Crippen LogP contribution in [0.1, 0.15) is 32.6 Å². The van der Waals surface area contributed by atoms with E-state index in [1.165, 1.54) is 6.42 Å². The van der Waals surface area contributed by atoms with Gasteiger partial charge < -0.3 is 26.1 Å². The van der Waals surface area contributed by atoms with Crippen molar-refractivity contribution >= 4 is 11.9 Å². The van der Waals surface area contributed by atoms with Gasteiger partial charge in [0.15, 0.2) is 5.96 Å². The second-order valence-corrected chi connectivity index (χ2v) is 6.01. The van der Waals surface area contributed by atoms with Crippen LogP contribution in [-0.2, 0) is 4.74 Å². The molecule has 4 N–H and O–H groups in total. The molecule has 0 aromatic heterocycles. The Kier molecular flexibility index (Phi) is 5.67. The molecule has 2 aliphatic rings. The lowest BCUT2D eigenvalue weighted by atomic mass is 10.0. The third kappa shape index (κ3) is 4.23. The van der Waals surface area contributed by atoms with Crippen molar-refractivity contribution in [1.82, 2.24) is 9.80 Å². The van der Waals surface area contributed by atoms with Crippen LogP contribution in [0, 0.1) is 5.92 Å². The summed E-state index contributed by atoms with van der Waals surface area (Å²) in [4.78, 5) is 8.66. The van der Waals surface area contributed by atoms with Crippen molar-refractivity contribution in [3.05, 3.63) is 0 Å². The molecule has 0 aromatic rings. The molecule has 1 unspecified atom stereocenters. The van der Waals surface area contributed by atoms with E-state index < -0.39 is 0 Å². The molecule has 0 aromatic carbocycles. The van der Waals surface area contributed by atoms with Crippen LogP contribution in [0.15, 0.2) is 10.1 Å². The number of hydrogen-bond donors (Lipinski definition) is 2. The molecular weight excluding hydrogens is 268 g/mol. The first kappa shape index (κ1) is 15.9. The molecule has 0 amide bonds. The topological polar surface area (TPSA) is 92.5 Å². The van der Waals surface area contributed by atoms with Crippen molar-refractivity contribution in [2.75, 3.05) is 33.3 Å². The number of nitrogens with two attached hydrogens (primary N) is 2. The summed E-state index contributed by atoms with van der Waals surface area (Å²) in [7, 11) is 1.76. The van der Waals surface area contributed by atoms with Gasteiger partial charge in [0.05, 0.1) is 6.10 Å². The average molecular weight is 296 g/mol. The molecule has 0 radical (unpaired) electrons. The third-order valence-corrected chi connectivity index (χ3v) is 4.37. The molecule has 7 heteroatoms. The molecule has 2 saturated heterocycles. The normalized spacial score (nSPS) is 26.3. The van der Waals surface area contributed by atoms with Crippen molar-refractivity contribution in [2.45, 2.75) is 38.7 Å². The lowest BCUT2D eigenvalue weighted by molar-refractivity contribution is 0.0576. The maximum atomic E-state index is 6.13. The zero-order valence-corrected chi connectivity index (χ0v) is 13.2. The standard InChI is InChI=1S/C14H28N6O/c1-11-4-3-7-20(10-11)14(18-16)17-13(15)19-8-5-12(21-2)6-9-19/h11-12H,3-10,16H2,1-2H3,(H2,15,17,18). The van der Waals surface area contributed by atoms with Crippen molar-refractivity contribution < 1.29 is 4.74 Å². The summed E-state index contributed by atoms with van der Waals surface area (Å²) in [5, 5.41) is 3.84. The first-order valence-electron chi connectivity index (χ1n) is 7.78. The molecule has 0 bridgehead atoms. The predicted molar refractivity (Wildman–Crippen MR) is 84.8 cm³/mol. The fourth-order valence-corrected chi connectivity index (χ4v) is 3.05. The molecule has 120 valence electrons. The molecule has 2 rings (SSSR count). The van der Waals surface area contributed by atoms with Gasteiger partial charge in [-0.25, -0.2) is 0 Å². The molecule has 2 aliphatic heterocycles. The minimum Gasteiger partial charge on any atom is -0.381 e. The Morgan fingerprint density at radius 1 is 1.14 bits per heavy atom. The Bertz CT molecular complexity index is 389. The molecule has 21 heavy (non-hydrogen) atoms. The smallest absolute Gasteiger partial charge is 0.245 e. The summed E-state index contributed by atoms with van der Waals surface area (Å²) in [5.41, 5.74) is 6.13. The quantitative estimate of drug-likeness (QED) is 0.316. The summed E-state index contributed by atoms with van der Waals surface area (Å²) in [5.74, 6) is 7.21. The third-order valence-electron chi connectivity index (χ3n) is 4.37. The van der Waals surface area contributed by atoms with E-state index in [2.05, 4.69) is 26.8 Å². The van der Waals surface area contributed by atoms with E-state index in [0.717, 1.165) is 45.4 Å². The number of hydrazone groups is 1. The Labute approximate surface area is 127 Å². The fourth-order valence-electron chi connectivity index (χ4n) is 3.05. The van der Waals surface area contributed by atoms with Gasteiger partial charge in [0.2, 0.25) is 5.96 Å². The summed E-state index contributed by atoms with van der Waals surface area (Å²) >= 11 is 0. The SMILES string of the molecule is COC1CCN(C(N)=NC(=NN)N2CCCC(C)C2)CC1. The molecule has 0 spiro atoms. The van der Waals surface area contributed by atoms with Crippen molar-refractivity contribution in [2.24, 2.45) is 27.6 Å². The number of guanidine groups is 2. The minimum absolute atomic E-state index is 0.333. The van der Waals surface area contributed by atoms with Gasteiger partial charge in [0.25, 0.3) is 0 Å². The summed E-state index contributed by atoms with van der Waals surface area (Å²) in [6.07, 6.45) is 4.68. The zero-order chi connectivity index (χ0) is 15.2. The van der Waals surface area contributed by atoms with Crippen molar-refractivity contribution in [3.8, 4) is 0 Å². The van der Waals surface area contributed by atoms with E-state index in [-0.39, 0.29) is 0 Å². The number of methoxy groups -OCH3 is 1. The molecule has 0 saturated carbocycles. The largest absolute Gasteiger partial charge is 0.381 e. The van der Waals surface area contributed by atoms with Gasteiger partial charge in [-0.05, 0) is 31.6 Å². The highest BCUT2D eigenvalue weighted by Crippen LogP contribution is 2.17. The van der Waals surface area contributed by atoms with Crippen LogP contribution in [0.2, 0.25) is 0 Å². The van der Waals surface area contributed by atoms with Gasteiger partial charge in [0.1, 0.15) is 0 Å². The van der Waals surface area contributed by atoms with Crippen LogP contribution < -0.4 is 11.6 Å². The number of piperidine rings is 2. The van der Waals surface area contributed by atoms with Crippen molar-refractivity contribution in [3.63, 3.8) is 0 Å². The van der Waals surface area contributed by atoms with Crippen molar-refractivity contribution in [1.29, 1.82) is 0 Å². The summed E-state index contributed by atoms with van der Waals surface area (Å²) < 4.78 is 5.37. The van der Waals surface area contributed by atoms with E-state index in [1.54, 1.807) is 7.11 Å². The second kappa shape index (κ2) is 7.49. The van der Waals surface area contributed by atoms with Gasteiger partial charge in [-0.3, -0.25) is 0 Å². The van der Waals surface area contributed by atoms with Crippen LogP contribution >= 0.6 is 0 Å². The van der Waals surface area contributed by atoms with Crippen LogP contribution in [0.25, 0.3) is 0 Å². The van der Waals surface area contributed by atoms with Crippen LogP contribution in [0.3, 0.4) is 0 Å². The van der Waals surface area contributed by atoms with Crippen LogP contribution in [-0.4, -0.2) is 61.1 Å². The number of nitrogens with zero attached hydrogens (tertiary/aromatic N) is 4. The van der Waals surface area contributed by atoms with Gasteiger partial charge in [-0.1, -0.05) is 6.92 Å². The van der Waals surface area contributed by atoms with E-state index in [9.17, 15) is 0 Å². The maximum Gasteiger partial charge on any atom is 0.245 e. The van der Waals surface area contributed by atoms with E-state index in [4.69, 9.17) is 16.3 Å².